The third kappa shape index (κ3) is 5.61. The predicted molar refractivity (Wildman–Crippen MR) is 79.2 cm³/mol. The minimum atomic E-state index is -3.75. The highest BCUT2D eigenvalue weighted by atomic mass is 32.2. The zero-order valence-electron chi connectivity index (χ0n) is 13.1. The summed E-state index contributed by atoms with van der Waals surface area (Å²) >= 11 is 0. The highest BCUT2D eigenvalue weighted by molar-refractivity contribution is 7.86. The highest BCUT2D eigenvalue weighted by Gasteiger charge is 2.29. The van der Waals surface area contributed by atoms with Crippen LogP contribution in [-0.2, 0) is 19.0 Å². The van der Waals surface area contributed by atoms with E-state index in [1.807, 2.05) is 41.5 Å². The van der Waals surface area contributed by atoms with Crippen LogP contribution >= 0.6 is 0 Å². The van der Waals surface area contributed by atoms with E-state index in [1.165, 1.54) is 0 Å². The molecule has 4 nitrogen and oxygen atoms in total. The van der Waals surface area contributed by atoms with Crippen LogP contribution in [0.2, 0.25) is 0 Å². The molecular formula is C15H24O4S. The van der Waals surface area contributed by atoms with Crippen molar-refractivity contribution in [1.29, 1.82) is 0 Å². The fourth-order valence-corrected chi connectivity index (χ4v) is 2.90. The lowest BCUT2D eigenvalue weighted by Gasteiger charge is -2.33. The van der Waals surface area contributed by atoms with Gasteiger partial charge < -0.3 is 4.74 Å². The Labute approximate surface area is 122 Å². The largest absolute Gasteiger partial charge is 0.368 e. The van der Waals surface area contributed by atoms with Crippen molar-refractivity contribution >= 4 is 10.1 Å². The van der Waals surface area contributed by atoms with E-state index in [2.05, 4.69) is 0 Å². The van der Waals surface area contributed by atoms with Crippen LogP contribution in [0.1, 0.15) is 40.2 Å². The molecule has 0 atom stereocenters. The van der Waals surface area contributed by atoms with Gasteiger partial charge in [-0.15, -0.1) is 0 Å². The first-order valence-corrected chi connectivity index (χ1v) is 7.98. The van der Waals surface area contributed by atoms with E-state index in [0.717, 1.165) is 5.56 Å². The van der Waals surface area contributed by atoms with E-state index in [1.54, 1.807) is 24.3 Å². The van der Waals surface area contributed by atoms with Gasteiger partial charge in [-0.2, -0.15) is 8.42 Å². The molecule has 20 heavy (non-hydrogen) atoms. The van der Waals surface area contributed by atoms with Crippen LogP contribution in [0.4, 0.5) is 0 Å². The number of hydrogen-bond donors (Lipinski definition) is 0. The molecule has 114 valence electrons. The number of rotatable bonds is 5. The van der Waals surface area contributed by atoms with Gasteiger partial charge in [-0.25, -0.2) is 0 Å². The molecule has 0 aliphatic rings. The molecule has 0 bridgehead atoms. The van der Waals surface area contributed by atoms with Crippen molar-refractivity contribution in [3.63, 3.8) is 0 Å². The molecule has 0 aromatic heterocycles. The molecular weight excluding hydrogens is 276 g/mol. The van der Waals surface area contributed by atoms with Gasteiger partial charge in [0.25, 0.3) is 10.1 Å². The molecule has 0 fully saturated rings. The van der Waals surface area contributed by atoms with Crippen LogP contribution in [0.3, 0.4) is 0 Å². The van der Waals surface area contributed by atoms with Crippen molar-refractivity contribution < 1.29 is 17.3 Å². The molecule has 0 saturated heterocycles. The maximum atomic E-state index is 12.1. The lowest BCUT2D eigenvalue weighted by Crippen LogP contribution is -2.39. The Morgan fingerprint density at radius 2 is 1.50 bits per heavy atom. The molecule has 1 rings (SSSR count). The van der Waals surface area contributed by atoms with Gasteiger partial charge in [0.1, 0.15) is 0 Å². The van der Waals surface area contributed by atoms with Crippen LogP contribution in [0.5, 0.6) is 0 Å². The number of hydrogen-bond acceptors (Lipinski definition) is 4. The summed E-state index contributed by atoms with van der Waals surface area (Å²) in [5, 5.41) is 0. The number of ether oxygens (including phenoxy) is 1. The van der Waals surface area contributed by atoms with Crippen LogP contribution < -0.4 is 0 Å². The normalized spacial score (nSPS) is 13.5. The molecule has 0 aliphatic heterocycles. The van der Waals surface area contributed by atoms with Gasteiger partial charge in [-0.05, 0) is 53.7 Å². The second-order valence-corrected chi connectivity index (χ2v) is 8.12. The van der Waals surface area contributed by atoms with E-state index < -0.39 is 15.7 Å². The van der Waals surface area contributed by atoms with Crippen LogP contribution in [0, 0.1) is 6.92 Å². The second-order valence-electron chi connectivity index (χ2n) is 6.50. The van der Waals surface area contributed by atoms with E-state index in [-0.39, 0.29) is 17.1 Å². The van der Waals surface area contributed by atoms with Crippen molar-refractivity contribution in [2.75, 3.05) is 6.61 Å². The molecule has 0 heterocycles. The summed E-state index contributed by atoms with van der Waals surface area (Å²) in [4.78, 5) is 0.162. The zero-order chi connectivity index (χ0) is 15.6. The van der Waals surface area contributed by atoms with Gasteiger partial charge in [0.05, 0.1) is 22.7 Å². The Hall–Kier alpha value is -0.910. The average Bonchev–Trinajstić information content (AvgIpc) is 2.24. The molecule has 0 N–H and O–H groups in total. The molecule has 0 spiro atoms. The second kappa shape index (κ2) is 5.84. The smallest absolute Gasteiger partial charge is 0.297 e. The first kappa shape index (κ1) is 17.1. The van der Waals surface area contributed by atoms with E-state index in [4.69, 9.17) is 8.92 Å². The highest BCUT2D eigenvalue weighted by Crippen LogP contribution is 2.22. The van der Waals surface area contributed by atoms with Crippen molar-refractivity contribution in [2.45, 2.75) is 57.6 Å². The maximum Gasteiger partial charge on any atom is 0.297 e. The lowest BCUT2D eigenvalue weighted by molar-refractivity contribution is -0.128. The van der Waals surface area contributed by atoms with Gasteiger partial charge in [0, 0.05) is 0 Å². The van der Waals surface area contributed by atoms with E-state index in [9.17, 15) is 8.42 Å². The quantitative estimate of drug-likeness (QED) is 0.783. The molecule has 5 heteroatoms. The molecule has 0 radical (unpaired) electrons. The van der Waals surface area contributed by atoms with Gasteiger partial charge in [0.2, 0.25) is 0 Å². The summed E-state index contributed by atoms with van der Waals surface area (Å²) in [5.74, 6) is 0. The molecule has 1 aromatic carbocycles. The lowest BCUT2D eigenvalue weighted by atomic mass is 10.1. The van der Waals surface area contributed by atoms with E-state index >= 15 is 0 Å². The zero-order valence-corrected chi connectivity index (χ0v) is 13.9. The Morgan fingerprint density at radius 1 is 1.00 bits per heavy atom. The molecule has 0 aliphatic carbocycles. The van der Waals surface area contributed by atoms with E-state index in [0.29, 0.717) is 0 Å². The Kier molecular flexibility index (Phi) is 5.00. The SMILES string of the molecule is Cc1ccc(S(=O)(=O)OCC(C)(C)OC(C)(C)C)cc1. The molecule has 0 unspecified atom stereocenters. The molecule has 0 amide bonds. The Balaban J connectivity index is 2.75. The van der Waals surface area contributed by atoms with Crippen LogP contribution in [0.25, 0.3) is 0 Å². The van der Waals surface area contributed by atoms with Gasteiger partial charge >= 0.3 is 0 Å². The van der Waals surface area contributed by atoms with Gasteiger partial charge in [-0.1, -0.05) is 17.7 Å². The average molecular weight is 300 g/mol. The van der Waals surface area contributed by atoms with Crippen molar-refractivity contribution in [3.8, 4) is 0 Å². The topological polar surface area (TPSA) is 52.6 Å². The summed E-state index contributed by atoms with van der Waals surface area (Å²) in [6.45, 7) is 11.2. The number of aryl methyl sites for hydroxylation is 1. The van der Waals surface area contributed by atoms with Crippen LogP contribution in [-0.4, -0.2) is 26.2 Å². The summed E-state index contributed by atoms with van der Waals surface area (Å²) in [6.07, 6.45) is 0. The van der Waals surface area contributed by atoms with Gasteiger partial charge in [0.15, 0.2) is 0 Å². The fraction of sp³-hybridized carbons (Fsp3) is 0.600. The minimum Gasteiger partial charge on any atom is -0.368 e. The third-order valence-corrected chi connectivity index (χ3v) is 3.73. The van der Waals surface area contributed by atoms with Gasteiger partial charge in [-0.3, -0.25) is 4.18 Å². The monoisotopic (exact) mass is 300 g/mol. The molecule has 0 saturated carbocycles. The standard InChI is InChI=1S/C15H24O4S/c1-12-7-9-13(10-8-12)20(16,17)18-11-15(5,6)19-14(2,3)4/h7-10H,11H2,1-6H3. The number of benzene rings is 1. The minimum absolute atomic E-state index is 0.0273. The fourth-order valence-electron chi connectivity index (χ4n) is 1.85. The Bertz CT molecular complexity index is 536. The molecule has 1 aromatic rings. The Morgan fingerprint density at radius 3 is 1.95 bits per heavy atom. The summed E-state index contributed by atoms with van der Waals surface area (Å²) < 4.78 is 35.1. The summed E-state index contributed by atoms with van der Waals surface area (Å²) in [7, 11) is -3.75. The first-order chi connectivity index (χ1) is 8.91. The van der Waals surface area contributed by atoms with Crippen molar-refractivity contribution in [2.24, 2.45) is 0 Å². The van der Waals surface area contributed by atoms with Crippen molar-refractivity contribution in [3.05, 3.63) is 29.8 Å². The van der Waals surface area contributed by atoms with Crippen LogP contribution in [0.15, 0.2) is 29.2 Å². The first-order valence-electron chi connectivity index (χ1n) is 6.58. The summed E-state index contributed by atoms with van der Waals surface area (Å²) in [6, 6.07) is 6.57. The third-order valence-electron chi connectivity index (χ3n) is 2.45. The predicted octanol–water partition coefficient (Wildman–Crippen LogP) is 3.29. The van der Waals surface area contributed by atoms with Crippen molar-refractivity contribution in [1.82, 2.24) is 0 Å². The maximum absolute atomic E-state index is 12.1. The summed E-state index contributed by atoms with van der Waals surface area (Å²) in [5.41, 5.74) is -0.0448.